The van der Waals surface area contributed by atoms with Gasteiger partial charge in [-0.25, -0.2) is 0 Å². The minimum Gasteiger partial charge on any atom is -0.456 e. The van der Waals surface area contributed by atoms with Crippen molar-refractivity contribution in [2.24, 2.45) is 0 Å². The smallest absolute Gasteiger partial charge is 0.137 e. The number of aryl methyl sites for hydroxylation is 2. The molecule has 0 aliphatic heterocycles. The van der Waals surface area contributed by atoms with E-state index in [2.05, 4.69) is 252 Å². The van der Waals surface area contributed by atoms with Crippen LogP contribution in [-0.4, -0.2) is 4.40 Å². The number of furan rings is 1. The van der Waals surface area contributed by atoms with E-state index in [-0.39, 0.29) is 10.8 Å². The van der Waals surface area contributed by atoms with Gasteiger partial charge < -0.3 is 18.6 Å². The molecule has 0 bridgehead atoms. The summed E-state index contributed by atoms with van der Waals surface area (Å²) >= 11 is 0. The van der Waals surface area contributed by atoms with Crippen molar-refractivity contribution in [3.05, 3.63) is 222 Å². The lowest BCUT2D eigenvalue weighted by molar-refractivity contribution is 0.590. The van der Waals surface area contributed by atoms with E-state index in [1.165, 1.54) is 38.5 Å². The minimum atomic E-state index is 0.0151. The van der Waals surface area contributed by atoms with E-state index in [0.717, 1.165) is 99.8 Å². The van der Waals surface area contributed by atoms with Gasteiger partial charge in [-0.2, -0.15) is 5.26 Å². The summed E-state index contributed by atoms with van der Waals surface area (Å²) in [4.78, 5) is 4.78. The fourth-order valence-corrected chi connectivity index (χ4v) is 11.6. The summed E-state index contributed by atoms with van der Waals surface area (Å²) in [5.41, 5.74) is 19.4. The Morgan fingerprint density at radius 2 is 1.01 bits per heavy atom. The van der Waals surface area contributed by atoms with E-state index < -0.39 is 0 Å². The van der Waals surface area contributed by atoms with Gasteiger partial charge in [0.15, 0.2) is 0 Å². The Morgan fingerprint density at radius 3 is 1.68 bits per heavy atom. The zero-order valence-corrected chi connectivity index (χ0v) is 43.2. The lowest BCUT2D eigenvalue weighted by Gasteiger charge is -2.29. The highest BCUT2D eigenvalue weighted by atomic mass is 16.3. The van der Waals surface area contributed by atoms with Crippen molar-refractivity contribution >= 4 is 105 Å². The van der Waals surface area contributed by atoms with Crippen LogP contribution in [0, 0.1) is 25.2 Å². The average Bonchev–Trinajstić information content (AvgIpc) is 4.06. The maximum Gasteiger partial charge on any atom is 0.137 e. The van der Waals surface area contributed by atoms with Crippen molar-refractivity contribution in [1.29, 1.82) is 5.26 Å². The average molecular weight is 957 g/mol. The van der Waals surface area contributed by atoms with Gasteiger partial charge in [-0.15, -0.1) is 0 Å². The van der Waals surface area contributed by atoms with Gasteiger partial charge in [-0.1, -0.05) is 133 Å². The van der Waals surface area contributed by atoms with Crippen LogP contribution in [0.15, 0.2) is 199 Å². The van der Waals surface area contributed by atoms with Gasteiger partial charge in [0.05, 0.1) is 33.9 Å². The highest BCUT2D eigenvalue weighted by Gasteiger charge is 2.27. The summed E-state index contributed by atoms with van der Waals surface area (Å²) in [7, 11) is 0. The molecule has 0 saturated heterocycles. The molecule has 0 unspecified atom stereocenters. The van der Waals surface area contributed by atoms with Crippen LogP contribution in [0.1, 0.15) is 69.4 Å². The number of fused-ring (bicyclic) bond motifs is 10. The molecule has 0 saturated carbocycles. The van der Waals surface area contributed by atoms with Crippen molar-refractivity contribution in [3.63, 3.8) is 0 Å². The second kappa shape index (κ2) is 16.6. The lowest BCUT2D eigenvalue weighted by atomic mass is 9.87. The van der Waals surface area contributed by atoms with Crippen LogP contribution in [0.5, 0.6) is 0 Å². The number of aromatic nitrogens is 1. The Hall–Kier alpha value is -8.85. The number of hydrogen-bond donors (Lipinski definition) is 0. The summed E-state index contributed by atoms with van der Waals surface area (Å²) < 4.78 is 9.35. The maximum absolute atomic E-state index is 10.3. The molecule has 5 heteroatoms. The zero-order chi connectivity index (χ0) is 50.8. The number of hydrogen-bond acceptors (Lipinski definition) is 4. The third-order valence-corrected chi connectivity index (χ3v) is 15.5. The highest BCUT2D eigenvalue weighted by Crippen LogP contribution is 2.50. The molecule has 0 radical (unpaired) electrons. The number of para-hydroxylation sites is 2. The van der Waals surface area contributed by atoms with Crippen LogP contribution in [0.4, 0.5) is 34.1 Å². The van der Waals surface area contributed by atoms with Crippen LogP contribution < -0.4 is 9.80 Å². The summed E-state index contributed by atoms with van der Waals surface area (Å²) in [5, 5.41) is 19.4. The SMILES string of the molecule is Cc1ccccc1N(c1ccc(C(C)(C)C)cc1)c1ccc2c(c1)oc1cc3cc4c5ccc(N(c6ccc(C(C)(C)C)cc6)c6ccccc6C)c6c7cc(-c8ccccc8C#N)ccc7n(c4cc3cc12)c56. The highest BCUT2D eigenvalue weighted by molar-refractivity contribution is 6.29. The van der Waals surface area contributed by atoms with E-state index in [0.29, 0.717) is 5.56 Å². The summed E-state index contributed by atoms with van der Waals surface area (Å²) in [6.45, 7) is 17.9. The van der Waals surface area contributed by atoms with Gasteiger partial charge in [0.2, 0.25) is 0 Å². The van der Waals surface area contributed by atoms with Crippen LogP contribution in [-0.2, 0) is 10.8 Å². The van der Waals surface area contributed by atoms with E-state index in [9.17, 15) is 5.26 Å². The third-order valence-electron chi connectivity index (χ3n) is 15.5. The van der Waals surface area contributed by atoms with Gasteiger partial charge in [0.1, 0.15) is 11.2 Å². The van der Waals surface area contributed by atoms with Crippen LogP contribution >= 0.6 is 0 Å². The molecule has 0 fully saturated rings. The van der Waals surface area contributed by atoms with E-state index in [4.69, 9.17) is 4.42 Å². The molecule has 13 aromatic rings. The zero-order valence-electron chi connectivity index (χ0n) is 43.2. The summed E-state index contributed by atoms with van der Waals surface area (Å²) in [6, 6.07) is 73.0. The van der Waals surface area contributed by atoms with Gasteiger partial charge in [-0.3, -0.25) is 0 Å². The quantitative estimate of drug-likeness (QED) is 0.160. The Kier molecular flexibility index (Phi) is 10.1. The predicted molar refractivity (Wildman–Crippen MR) is 312 cm³/mol. The van der Waals surface area contributed by atoms with Crippen LogP contribution in [0.25, 0.3) is 81.9 Å². The Balaban J connectivity index is 1.03. The van der Waals surface area contributed by atoms with Crippen molar-refractivity contribution in [2.75, 3.05) is 9.80 Å². The molecular weight excluding hydrogens is 901 g/mol. The molecule has 3 aromatic heterocycles. The topological polar surface area (TPSA) is 47.8 Å². The molecule has 0 aliphatic rings. The van der Waals surface area contributed by atoms with Crippen molar-refractivity contribution in [1.82, 2.24) is 4.40 Å². The fraction of sp³-hybridized carbons (Fsp3) is 0.145. The Morgan fingerprint density at radius 1 is 0.446 bits per heavy atom. The molecule has 5 nitrogen and oxygen atoms in total. The standard InChI is InChI=1S/C69H56N4O/c1-42-15-9-13-19-59(42)71(50-26-22-48(23-27-50)68(3,4)5)52-30-31-54-57-37-46-38-63-56(36-47(46)39-64(57)74-65(54)40-52)55-32-34-62(72(60-20-14-10-16-43(60)2)51-28-24-49(25-29-51)69(6,7)8)66-58-35-44(21-33-61(58)73(63)67(55)66)53-18-12-11-17-45(53)41-70/h9-40H,1-8H3. The monoisotopic (exact) mass is 956 g/mol. The Bertz CT molecular complexity index is 4420. The van der Waals surface area contributed by atoms with E-state index in [1.54, 1.807) is 0 Å². The first-order chi connectivity index (χ1) is 35.7. The molecule has 3 heterocycles. The molecule has 13 rings (SSSR count). The van der Waals surface area contributed by atoms with Gasteiger partial charge in [-0.05, 0) is 166 Å². The van der Waals surface area contributed by atoms with Crippen molar-refractivity contribution in [3.8, 4) is 17.2 Å². The minimum absolute atomic E-state index is 0.0151. The second-order valence-electron chi connectivity index (χ2n) is 22.3. The fourth-order valence-electron chi connectivity index (χ4n) is 11.6. The number of rotatable bonds is 7. The largest absolute Gasteiger partial charge is 0.456 e. The first kappa shape index (κ1) is 45.0. The molecule has 0 amide bonds. The molecule has 0 aliphatic carbocycles. The number of nitriles is 1. The van der Waals surface area contributed by atoms with Crippen LogP contribution in [0.3, 0.4) is 0 Å². The molecule has 10 aromatic carbocycles. The van der Waals surface area contributed by atoms with Gasteiger partial charge >= 0.3 is 0 Å². The van der Waals surface area contributed by atoms with Crippen molar-refractivity contribution in [2.45, 2.75) is 66.2 Å². The lowest BCUT2D eigenvalue weighted by Crippen LogP contribution is -2.14. The first-order valence-corrected chi connectivity index (χ1v) is 25.7. The number of anilines is 6. The normalized spacial score (nSPS) is 12.3. The van der Waals surface area contributed by atoms with E-state index >= 15 is 0 Å². The summed E-state index contributed by atoms with van der Waals surface area (Å²) in [6.07, 6.45) is 0. The molecule has 74 heavy (non-hydrogen) atoms. The molecule has 0 atom stereocenters. The third kappa shape index (κ3) is 7.12. The molecule has 0 N–H and O–H groups in total. The second-order valence-corrected chi connectivity index (χ2v) is 22.3. The summed E-state index contributed by atoms with van der Waals surface area (Å²) in [5.74, 6) is 0. The maximum atomic E-state index is 10.3. The number of benzene rings is 10. The van der Waals surface area contributed by atoms with E-state index in [1.807, 2.05) is 18.2 Å². The molecule has 358 valence electrons. The van der Waals surface area contributed by atoms with Crippen molar-refractivity contribution < 1.29 is 4.42 Å². The van der Waals surface area contributed by atoms with Crippen LogP contribution in [0.2, 0.25) is 0 Å². The molecular formula is C69H56N4O. The number of nitrogens with zero attached hydrogens (tertiary/aromatic N) is 4. The Labute approximate surface area is 432 Å². The molecule has 0 spiro atoms. The predicted octanol–water partition coefficient (Wildman–Crippen LogP) is 19.6. The van der Waals surface area contributed by atoms with Gasteiger partial charge in [0, 0.05) is 66.8 Å². The first-order valence-electron chi connectivity index (χ1n) is 25.7. The van der Waals surface area contributed by atoms with Gasteiger partial charge in [0.25, 0.3) is 0 Å².